The molecule has 0 saturated carbocycles. The molecule has 2 aliphatic carbocycles. The molecule has 2 heterocycles. The van der Waals surface area contributed by atoms with Crippen LogP contribution in [0, 0.1) is 13.8 Å². The molecule has 300 valence electrons. The molecular weight excluding hydrogens is 769 g/mol. The highest BCUT2D eigenvalue weighted by Crippen LogP contribution is 2.59. The normalized spacial score (nSPS) is 14.0. The van der Waals surface area contributed by atoms with Gasteiger partial charge in [0.25, 0.3) is 0 Å². The van der Waals surface area contributed by atoms with Crippen LogP contribution in [0.4, 0.5) is 34.1 Å². The van der Waals surface area contributed by atoms with Crippen LogP contribution in [0.5, 0.6) is 23.0 Å². The minimum Gasteiger partial charge on any atom is -0.453 e. The summed E-state index contributed by atoms with van der Waals surface area (Å²) in [5.74, 6) is 3.40. The van der Waals surface area contributed by atoms with Gasteiger partial charge in [0.05, 0.1) is 22.7 Å². The molecule has 13 rings (SSSR count). The van der Waals surface area contributed by atoms with Crippen LogP contribution in [0.1, 0.15) is 36.1 Å². The first kappa shape index (κ1) is 35.9. The maximum Gasteiger partial charge on any atom is 0.152 e. The molecule has 0 unspecified atom stereocenters. The van der Waals surface area contributed by atoms with Crippen molar-refractivity contribution in [3.05, 3.63) is 204 Å². The summed E-state index contributed by atoms with van der Waals surface area (Å²) < 4.78 is 13.3. The Balaban J connectivity index is 1.01. The predicted molar refractivity (Wildman–Crippen MR) is 258 cm³/mol. The van der Waals surface area contributed by atoms with Gasteiger partial charge in [-0.1, -0.05) is 123 Å². The molecule has 0 N–H and O–H groups in total. The number of aryl methyl sites for hydroxylation is 2. The van der Waals surface area contributed by atoms with Crippen LogP contribution in [0.15, 0.2) is 182 Å². The Labute approximate surface area is 367 Å². The fraction of sp³-hybridized carbons (Fsp3) is 0.0847. The summed E-state index contributed by atoms with van der Waals surface area (Å²) in [6.45, 7) is 8.96. The monoisotopic (exact) mass is 810 g/mol. The van der Waals surface area contributed by atoms with Crippen molar-refractivity contribution in [3.8, 4) is 78.6 Å². The highest BCUT2D eigenvalue weighted by molar-refractivity contribution is 6.06. The van der Waals surface area contributed by atoms with E-state index in [4.69, 9.17) is 9.47 Å². The molecule has 63 heavy (non-hydrogen) atoms. The molecule has 9 aromatic carbocycles. The van der Waals surface area contributed by atoms with Gasteiger partial charge in [-0.15, -0.1) is 0 Å². The minimum absolute atomic E-state index is 0.155. The Morgan fingerprint density at radius 2 is 0.762 bits per heavy atom. The second-order valence-electron chi connectivity index (χ2n) is 17.9. The molecule has 0 aromatic heterocycles. The van der Waals surface area contributed by atoms with E-state index in [1.165, 1.54) is 77.9 Å². The Morgan fingerprint density at radius 1 is 0.317 bits per heavy atom. The van der Waals surface area contributed by atoms with Gasteiger partial charge in [-0.05, 0) is 165 Å². The third-order valence-electron chi connectivity index (χ3n) is 13.7. The fourth-order valence-electron chi connectivity index (χ4n) is 10.7. The van der Waals surface area contributed by atoms with E-state index < -0.39 is 0 Å². The van der Waals surface area contributed by atoms with E-state index in [2.05, 4.69) is 219 Å². The topological polar surface area (TPSA) is 24.9 Å². The van der Waals surface area contributed by atoms with Crippen LogP contribution in [0.2, 0.25) is 0 Å². The molecule has 0 bridgehead atoms. The molecule has 0 spiro atoms. The summed E-state index contributed by atoms with van der Waals surface area (Å²) in [4.78, 5) is 4.78. The van der Waals surface area contributed by atoms with Gasteiger partial charge in [0.15, 0.2) is 23.0 Å². The highest BCUT2D eigenvalue weighted by atomic mass is 16.5. The van der Waals surface area contributed by atoms with Crippen LogP contribution >= 0.6 is 0 Å². The Hall–Kier alpha value is -7.82. The van der Waals surface area contributed by atoms with E-state index >= 15 is 0 Å². The van der Waals surface area contributed by atoms with Crippen LogP contribution in [0.3, 0.4) is 0 Å². The zero-order valence-electron chi connectivity index (χ0n) is 35.5. The van der Waals surface area contributed by atoms with Gasteiger partial charge in [0, 0.05) is 16.8 Å². The SMILES string of the molecule is Cc1ccc2c(c1)N(c1ccc3c(c1)-c1ccccc1-c1ccc(N4c5ccccc5Oc5cc6c(cc54)C(C)(C)c4ccccc4-6)cc1-c1ccccc1-3)c1cc(C)ccc1O2. The number of nitrogens with zero attached hydrogens (tertiary/aromatic N) is 2. The maximum absolute atomic E-state index is 6.78. The van der Waals surface area contributed by atoms with E-state index in [-0.39, 0.29) is 5.41 Å². The average Bonchev–Trinajstić information content (AvgIpc) is 3.53. The van der Waals surface area contributed by atoms with Crippen molar-refractivity contribution in [3.63, 3.8) is 0 Å². The van der Waals surface area contributed by atoms with Crippen molar-refractivity contribution in [2.45, 2.75) is 33.1 Å². The molecule has 4 aliphatic rings. The molecule has 4 heteroatoms. The van der Waals surface area contributed by atoms with Crippen LogP contribution < -0.4 is 19.3 Å². The third kappa shape index (κ3) is 5.22. The lowest BCUT2D eigenvalue weighted by Gasteiger charge is -2.35. The van der Waals surface area contributed by atoms with Crippen molar-refractivity contribution in [2.24, 2.45) is 0 Å². The highest BCUT2D eigenvalue weighted by Gasteiger charge is 2.39. The number of para-hydroxylation sites is 2. The minimum atomic E-state index is -0.155. The number of rotatable bonds is 2. The zero-order chi connectivity index (χ0) is 42.1. The second-order valence-corrected chi connectivity index (χ2v) is 17.9. The molecule has 0 saturated heterocycles. The maximum atomic E-state index is 6.78. The summed E-state index contributed by atoms with van der Waals surface area (Å²) in [6, 6.07) is 66.6. The lowest BCUT2D eigenvalue weighted by Crippen LogP contribution is -2.19. The Bertz CT molecular complexity index is 3380. The number of hydrogen-bond acceptors (Lipinski definition) is 4. The summed E-state index contributed by atoms with van der Waals surface area (Å²) >= 11 is 0. The second kappa shape index (κ2) is 13.1. The van der Waals surface area contributed by atoms with Crippen molar-refractivity contribution in [2.75, 3.05) is 9.80 Å². The van der Waals surface area contributed by atoms with Crippen LogP contribution in [-0.2, 0) is 5.41 Å². The van der Waals surface area contributed by atoms with E-state index in [9.17, 15) is 0 Å². The van der Waals surface area contributed by atoms with Gasteiger partial charge in [0.2, 0.25) is 0 Å². The van der Waals surface area contributed by atoms with E-state index in [1.54, 1.807) is 0 Å². The molecule has 0 atom stereocenters. The standard InChI is InChI=1S/C59H42N2O2/c1-35-21-27-56-52(29-35)61(53-30-36(2)22-28-57(53)62-56)38-24-26-44-39-13-5-7-15-41(39)46-31-37(23-25-43(46)40-14-6-8-16-42(40)47(44)32-38)60-51-19-11-12-20-55(51)63-58-33-48-45-17-9-10-18-49(45)59(3,4)50(48)34-54(58)60/h5-34H,1-4H3. The zero-order valence-corrected chi connectivity index (χ0v) is 35.5. The van der Waals surface area contributed by atoms with E-state index in [0.717, 1.165) is 57.1 Å². The Kier molecular flexibility index (Phi) is 7.46. The molecule has 2 aliphatic heterocycles. The largest absolute Gasteiger partial charge is 0.453 e. The van der Waals surface area contributed by atoms with Crippen LogP contribution in [0.25, 0.3) is 55.6 Å². The average molecular weight is 811 g/mol. The summed E-state index contributed by atoms with van der Waals surface area (Å²) in [5.41, 5.74) is 23.2. The summed E-state index contributed by atoms with van der Waals surface area (Å²) in [6.07, 6.45) is 0. The fourth-order valence-corrected chi connectivity index (χ4v) is 10.7. The van der Waals surface area contributed by atoms with Crippen molar-refractivity contribution in [1.29, 1.82) is 0 Å². The van der Waals surface area contributed by atoms with Crippen molar-refractivity contribution < 1.29 is 9.47 Å². The molecular formula is C59H42N2O2. The first-order valence-electron chi connectivity index (χ1n) is 21.8. The quantitative estimate of drug-likeness (QED) is 0.174. The molecule has 4 nitrogen and oxygen atoms in total. The predicted octanol–water partition coefficient (Wildman–Crippen LogP) is 16.7. The first-order chi connectivity index (χ1) is 30.8. The van der Waals surface area contributed by atoms with Gasteiger partial charge >= 0.3 is 0 Å². The van der Waals surface area contributed by atoms with Gasteiger partial charge in [0.1, 0.15) is 0 Å². The van der Waals surface area contributed by atoms with Gasteiger partial charge in [-0.3, -0.25) is 0 Å². The van der Waals surface area contributed by atoms with Crippen molar-refractivity contribution >= 4 is 34.1 Å². The first-order valence-corrected chi connectivity index (χ1v) is 21.8. The number of hydrogen-bond donors (Lipinski definition) is 0. The Morgan fingerprint density at radius 3 is 1.37 bits per heavy atom. The number of anilines is 6. The number of ether oxygens (including phenoxy) is 2. The molecule has 0 radical (unpaired) electrons. The molecule has 0 fully saturated rings. The molecule has 9 aromatic rings. The number of benzene rings is 9. The van der Waals surface area contributed by atoms with Crippen LogP contribution in [-0.4, -0.2) is 0 Å². The van der Waals surface area contributed by atoms with Gasteiger partial charge in [-0.25, -0.2) is 0 Å². The molecule has 0 amide bonds. The van der Waals surface area contributed by atoms with E-state index in [1.807, 2.05) is 0 Å². The van der Waals surface area contributed by atoms with Crippen molar-refractivity contribution in [1.82, 2.24) is 0 Å². The lowest BCUT2D eigenvalue weighted by molar-refractivity contribution is 0.476. The smallest absolute Gasteiger partial charge is 0.152 e. The van der Waals surface area contributed by atoms with Gasteiger partial charge in [-0.2, -0.15) is 0 Å². The van der Waals surface area contributed by atoms with Gasteiger partial charge < -0.3 is 19.3 Å². The lowest BCUT2D eigenvalue weighted by atomic mass is 9.80. The summed E-state index contributed by atoms with van der Waals surface area (Å²) in [7, 11) is 0. The third-order valence-corrected chi connectivity index (χ3v) is 13.7. The van der Waals surface area contributed by atoms with E-state index in [0.29, 0.717) is 0 Å². The summed E-state index contributed by atoms with van der Waals surface area (Å²) in [5, 5.41) is 0. The number of fused-ring (bicyclic) bond motifs is 15.